The van der Waals surface area contributed by atoms with Crippen molar-refractivity contribution in [3.05, 3.63) is 50.9 Å². The second-order valence-corrected chi connectivity index (χ2v) is 9.38. The van der Waals surface area contributed by atoms with Crippen LogP contribution < -0.4 is 5.56 Å². The largest absolute Gasteiger partial charge is 0.359 e. The lowest BCUT2D eigenvalue weighted by molar-refractivity contribution is 0.346. The zero-order valence-corrected chi connectivity index (χ0v) is 15.0. The number of nitrogens with zero attached hydrogens (tertiary/aromatic N) is 1. The van der Waals surface area contributed by atoms with Gasteiger partial charge < -0.3 is 9.84 Å². The zero-order valence-electron chi connectivity index (χ0n) is 14.1. The van der Waals surface area contributed by atoms with Gasteiger partial charge in [0.05, 0.1) is 22.8 Å². The number of ether oxygens (including phenoxy) is 1. The summed E-state index contributed by atoms with van der Waals surface area (Å²) in [6, 6.07) is 3.47. The Morgan fingerprint density at radius 2 is 1.92 bits per heavy atom. The Morgan fingerprint density at radius 1 is 1.25 bits per heavy atom. The van der Waals surface area contributed by atoms with Gasteiger partial charge in [-0.1, -0.05) is 19.9 Å². The molecule has 4 rings (SSSR count). The predicted molar refractivity (Wildman–Crippen MR) is 89.0 cm³/mol. The number of aromatic amines is 1. The smallest absolute Gasteiger partial charge is 0.272 e. The van der Waals surface area contributed by atoms with Gasteiger partial charge in [-0.15, -0.1) is 0 Å². The monoisotopic (exact) mass is 348 g/mol. The number of epoxide rings is 1. The molecule has 0 bridgehead atoms. The second kappa shape index (κ2) is 4.40. The summed E-state index contributed by atoms with van der Waals surface area (Å²) in [5.74, 6) is 0.111. The highest BCUT2D eigenvalue weighted by Gasteiger charge is 2.53. The minimum Gasteiger partial charge on any atom is -0.359 e. The maximum Gasteiger partial charge on any atom is 0.272 e. The molecule has 7 heteroatoms. The summed E-state index contributed by atoms with van der Waals surface area (Å²) < 4.78 is 32.0. The van der Waals surface area contributed by atoms with E-state index in [4.69, 9.17) is 4.74 Å². The molecule has 2 aromatic rings. The minimum atomic E-state index is -3.26. The molecule has 1 unspecified atom stereocenters. The summed E-state index contributed by atoms with van der Waals surface area (Å²) in [6.45, 7) is 6.25. The van der Waals surface area contributed by atoms with Gasteiger partial charge in [-0.05, 0) is 29.7 Å². The fraction of sp³-hybridized carbons (Fsp3) is 0.471. The molecule has 0 saturated carbocycles. The van der Waals surface area contributed by atoms with E-state index >= 15 is 0 Å². The van der Waals surface area contributed by atoms with Crippen LogP contribution in [0.25, 0.3) is 0 Å². The number of hydrogen-bond donors (Lipinski definition) is 1. The summed E-state index contributed by atoms with van der Waals surface area (Å²) in [7, 11) is -1.60. The zero-order chi connectivity index (χ0) is 17.5. The number of nitrogens with one attached hydrogen (secondary N) is 1. The van der Waals surface area contributed by atoms with Crippen LogP contribution in [-0.4, -0.2) is 30.6 Å². The van der Waals surface area contributed by atoms with Gasteiger partial charge in [-0.25, -0.2) is 8.42 Å². The second-order valence-electron chi connectivity index (χ2n) is 7.42. The lowest BCUT2D eigenvalue weighted by Crippen LogP contribution is -2.25. The Balaban J connectivity index is 1.97. The van der Waals surface area contributed by atoms with Crippen LogP contribution in [0.3, 0.4) is 0 Å². The van der Waals surface area contributed by atoms with Crippen molar-refractivity contribution in [2.24, 2.45) is 7.05 Å². The molecular weight excluding hydrogens is 328 g/mol. The van der Waals surface area contributed by atoms with Crippen molar-refractivity contribution in [2.45, 2.75) is 36.7 Å². The predicted octanol–water partition coefficient (Wildman–Crippen LogP) is 1.36. The van der Waals surface area contributed by atoms with E-state index in [1.54, 1.807) is 25.4 Å². The van der Waals surface area contributed by atoms with Crippen molar-refractivity contribution < 1.29 is 13.2 Å². The Bertz CT molecular complexity index is 1020. The van der Waals surface area contributed by atoms with Crippen LogP contribution in [0.1, 0.15) is 36.1 Å². The van der Waals surface area contributed by atoms with Gasteiger partial charge in [0.15, 0.2) is 9.84 Å². The first-order valence-electron chi connectivity index (χ1n) is 7.86. The van der Waals surface area contributed by atoms with Gasteiger partial charge >= 0.3 is 0 Å². The maximum atomic E-state index is 12.4. The van der Waals surface area contributed by atoms with Crippen LogP contribution >= 0.6 is 0 Å². The molecule has 1 N–H and O–H groups in total. The lowest BCUT2D eigenvalue weighted by Gasteiger charge is -2.23. The van der Waals surface area contributed by atoms with E-state index in [2.05, 4.69) is 5.10 Å². The molecule has 0 amide bonds. The van der Waals surface area contributed by atoms with Gasteiger partial charge in [0.1, 0.15) is 5.60 Å². The molecule has 3 heterocycles. The van der Waals surface area contributed by atoms with Gasteiger partial charge in [0, 0.05) is 18.7 Å². The summed E-state index contributed by atoms with van der Waals surface area (Å²) in [6.07, 6.45) is 1.67. The fourth-order valence-corrected chi connectivity index (χ4v) is 6.40. The third-order valence-electron chi connectivity index (χ3n) is 5.23. The number of rotatable bonds is 2. The molecule has 1 saturated heterocycles. The number of fused-ring (bicyclic) bond motifs is 1. The highest BCUT2D eigenvalue weighted by atomic mass is 32.2. The quantitative estimate of drug-likeness (QED) is 0.831. The minimum absolute atomic E-state index is 0.111. The summed E-state index contributed by atoms with van der Waals surface area (Å²) in [5, 5.41) is 2.88. The van der Waals surface area contributed by atoms with E-state index < -0.39 is 20.9 Å². The fourth-order valence-electron chi connectivity index (χ4n) is 4.13. The van der Waals surface area contributed by atoms with E-state index in [1.807, 2.05) is 20.8 Å². The van der Waals surface area contributed by atoms with Crippen LogP contribution in [0.4, 0.5) is 0 Å². The first kappa shape index (κ1) is 15.7. The Morgan fingerprint density at radius 3 is 2.46 bits per heavy atom. The van der Waals surface area contributed by atoms with Crippen molar-refractivity contribution in [3.8, 4) is 0 Å². The van der Waals surface area contributed by atoms with Crippen LogP contribution in [0, 0.1) is 6.92 Å². The van der Waals surface area contributed by atoms with E-state index in [-0.39, 0.29) is 11.3 Å². The van der Waals surface area contributed by atoms with E-state index in [1.165, 1.54) is 4.68 Å². The molecule has 1 aromatic carbocycles. The molecule has 1 aromatic heterocycles. The summed E-state index contributed by atoms with van der Waals surface area (Å²) in [5.41, 5.74) is 1.85. The third-order valence-corrected chi connectivity index (χ3v) is 7.34. The van der Waals surface area contributed by atoms with Crippen molar-refractivity contribution in [1.82, 2.24) is 9.78 Å². The number of hydrogen-bond acceptors (Lipinski definition) is 4. The molecule has 0 aliphatic carbocycles. The van der Waals surface area contributed by atoms with Gasteiger partial charge in [-0.3, -0.25) is 9.48 Å². The van der Waals surface area contributed by atoms with Crippen molar-refractivity contribution in [1.29, 1.82) is 0 Å². The molecule has 1 atom stereocenters. The summed E-state index contributed by atoms with van der Waals surface area (Å²) >= 11 is 0. The maximum absolute atomic E-state index is 12.4. The number of aryl methyl sites for hydroxylation is 1. The third kappa shape index (κ3) is 1.85. The van der Waals surface area contributed by atoms with E-state index in [0.717, 1.165) is 16.7 Å². The van der Waals surface area contributed by atoms with E-state index in [9.17, 15) is 13.2 Å². The molecule has 2 aliphatic heterocycles. The highest BCUT2D eigenvalue weighted by molar-refractivity contribution is 7.91. The van der Waals surface area contributed by atoms with Crippen molar-refractivity contribution >= 4 is 9.84 Å². The van der Waals surface area contributed by atoms with Crippen molar-refractivity contribution in [2.75, 3.05) is 12.4 Å². The molecule has 1 fully saturated rings. The number of aromatic nitrogens is 2. The first-order chi connectivity index (χ1) is 11.1. The number of benzene rings is 1. The highest BCUT2D eigenvalue weighted by Crippen LogP contribution is 2.49. The molecule has 24 heavy (non-hydrogen) atoms. The Labute approximate surface area is 140 Å². The normalized spacial score (nSPS) is 26.3. The Hall–Kier alpha value is -1.86. The standard InChI is InChI=1S/C17H20N2O4S/c1-10-11(17(8-23-17)12-7-18-19(4)15(12)20)5-6-13-14(10)16(2,3)9-24(13,21)22/h5-7,18H,8-9H2,1-4H3. The molecule has 0 spiro atoms. The van der Waals surface area contributed by atoms with Gasteiger partial charge in [0.25, 0.3) is 5.56 Å². The van der Waals surface area contributed by atoms with Crippen LogP contribution in [0.15, 0.2) is 28.0 Å². The topological polar surface area (TPSA) is 84.5 Å². The van der Waals surface area contributed by atoms with Crippen molar-refractivity contribution in [3.63, 3.8) is 0 Å². The Kier molecular flexibility index (Phi) is 2.87. The van der Waals surface area contributed by atoms with Crippen LogP contribution in [0.5, 0.6) is 0 Å². The van der Waals surface area contributed by atoms with Crippen LogP contribution in [-0.2, 0) is 32.6 Å². The van der Waals surface area contributed by atoms with Gasteiger partial charge in [-0.2, -0.15) is 0 Å². The number of H-pyrrole nitrogens is 1. The van der Waals surface area contributed by atoms with Gasteiger partial charge in [0.2, 0.25) is 0 Å². The summed E-state index contributed by atoms with van der Waals surface area (Å²) in [4.78, 5) is 12.8. The average Bonchev–Trinajstić information content (AvgIpc) is 3.14. The molecule has 6 nitrogen and oxygen atoms in total. The molecule has 0 radical (unpaired) electrons. The van der Waals surface area contributed by atoms with Crippen LogP contribution in [0.2, 0.25) is 0 Å². The van der Waals surface area contributed by atoms with E-state index in [0.29, 0.717) is 17.1 Å². The SMILES string of the molecule is Cc1c(C2(c3c[nH]n(C)c3=O)CO2)ccc2c1C(C)(C)CS2(=O)=O. The number of sulfone groups is 1. The molecule has 128 valence electrons. The molecule has 2 aliphatic rings. The molecular formula is C17H20N2O4S. The average molecular weight is 348 g/mol. The lowest BCUT2D eigenvalue weighted by atomic mass is 9.79. The first-order valence-corrected chi connectivity index (χ1v) is 9.51.